The number of carboxylic acid groups (broad SMARTS) is 1. The molecule has 0 radical (unpaired) electrons. The van der Waals surface area contributed by atoms with Crippen LogP contribution < -0.4 is 0 Å². The largest absolute Gasteiger partial charge is 0.481 e. The summed E-state index contributed by atoms with van der Waals surface area (Å²) < 4.78 is 0. The number of aliphatic carboxylic acids is 1. The molecule has 4 heteroatoms. The first-order chi connectivity index (χ1) is 12.5. The van der Waals surface area contributed by atoms with Crippen molar-refractivity contribution in [2.45, 2.75) is 39.7 Å². The first kappa shape index (κ1) is 18.2. The lowest BCUT2D eigenvalue weighted by Gasteiger charge is -2.23. The van der Waals surface area contributed by atoms with Gasteiger partial charge in [0.05, 0.1) is 6.42 Å². The van der Waals surface area contributed by atoms with E-state index in [1.54, 1.807) is 0 Å². The third-order valence-corrected chi connectivity index (χ3v) is 4.84. The second-order valence-corrected chi connectivity index (χ2v) is 7.06. The van der Waals surface area contributed by atoms with Crippen LogP contribution in [0, 0.1) is 12.8 Å². The van der Waals surface area contributed by atoms with Crippen molar-refractivity contribution in [3.05, 3.63) is 59.2 Å². The van der Waals surface area contributed by atoms with Crippen molar-refractivity contribution in [1.82, 2.24) is 4.90 Å². The van der Waals surface area contributed by atoms with Crippen LogP contribution >= 0.6 is 0 Å². The molecule has 0 spiro atoms. The van der Waals surface area contributed by atoms with Gasteiger partial charge in [-0.05, 0) is 48.9 Å². The summed E-state index contributed by atoms with van der Waals surface area (Å²) >= 11 is 0. The lowest BCUT2D eigenvalue weighted by atomic mass is 9.95. The minimum absolute atomic E-state index is 0.0102. The number of nitrogens with zero attached hydrogens (tertiary/aromatic N) is 1. The highest BCUT2D eigenvalue weighted by molar-refractivity contribution is 5.81. The first-order valence-corrected chi connectivity index (χ1v) is 9.17. The van der Waals surface area contributed by atoms with Crippen molar-refractivity contribution in [2.24, 2.45) is 5.92 Å². The Morgan fingerprint density at radius 2 is 1.92 bits per heavy atom. The fourth-order valence-corrected chi connectivity index (χ4v) is 3.30. The van der Waals surface area contributed by atoms with Crippen molar-refractivity contribution in [3.63, 3.8) is 0 Å². The van der Waals surface area contributed by atoms with Gasteiger partial charge in [-0.15, -0.1) is 0 Å². The van der Waals surface area contributed by atoms with E-state index < -0.39 is 5.97 Å². The van der Waals surface area contributed by atoms with Crippen LogP contribution in [0.5, 0.6) is 0 Å². The summed E-state index contributed by atoms with van der Waals surface area (Å²) in [6.07, 6.45) is 2.02. The number of amides is 1. The zero-order valence-corrected chi connectivity index (χ0v) is 15.4. The second-order valence-electron chi connectivity index (χ2n) is 7.06. The monoisotopic (exact) mass is 351 g/mol. The van der Waals surface area contributed by atoms with Crippen LogP contribution in [0.1, 0.15) is 36.5 Å². The summed E-state index contributed by atoms with van der Waals surface area (Å²) in [7, 11) is 0. The SMILES string of the molecule is CCN(Cc1cc(C)ccc1-c1cccc(CC(=O)O)c1)C(=O)C1CC1. The number of hydrogen-bond acceptors (Lipinski definition) is 2. The zero-order valence-electron chi connectivity index (χ0n) is 15.4. The zero-order chi connectivity index (χ0) is 18.7. The number of aryl methyl sites for hydroxylation is 1. The van der Waals surface area contributed by atoms with Gasteiger partial charge < -0.3 is 10.0 Å². The Bertz CT molecular complexity index is 824. The number of hydrogen-bond donors (Lipinski definition) is 1. The van der Waals surface area contributed by atoms with Crippen LogP contribution in [0.2, 0.25) is 0 Å². The summed E-state index contributed by atoms with van der Waals surface area (Å²) in [5.74, 6) is -0.375. The van der Waals surface area contributed by atoms with E-state index in [0.717, 1.165) is 40.7 Å². The Labute approximate surface area is 154 Å². The predicted molar refractivity (Wildman–Crippen MR) is 102 cm³/mol. The molecule has 0 unspecified atom stereocenters. The van der Waals surface area contributed by atoms with Gasteiger partial charge >= 0.3 is 5.97 Å². The highest BCUT2D eigenvalue weighted by atomic mass is 16.4. The van der Waals surface area contributed by atoms with Gasteiger partial charge in [0.25, 0.3) is 0 Å². The molecule has 0 atom stereocenters. The van der Waals surface area contributed by atoms with Gasteiger partial charge in [-0.25, -0.2) is 0 Å². The Morgan fingerprint density at radius 3 is 2.58 bits per heavy atom. The molecule has 0 aromatic heterocycles. The quantitative estimate of drug-likeness (QED) is 0.819. The van der Waals surface area contributed by atoms with Gasteiger partial charge in [0, 0.05) is 19.0 Å². The standard InChI is InChI=1S/C22H25NO3/c1-3-23(22(26)17-8-9-17)14-19-11-15(2)7-10-20(19)18-6-4-5-16(12-18)13-21(24)25/h4-7,10-12,17H,3,8-9,13-14H2,1-2H3,(H,24,25). The van der Waals surface area contributed by atoms with Crippen molar-refractivity contribution in [3.8, 4) is 11.1 Å². The number of rotatable bonds is 7. The molecule has 0 saturated heterocycles. The molecule has 4 nitrogen and oxygen atoms in total. The van der Waals surface area contributed by atoms with Gasteiger partial charge in [0.15, 0.2) is 0 Å². The molecule has 1 fully saturated rings. The van der Waals surface area contributed by atoms with Gasteiger partial charge in [-0.2, -0.15) is 0 Å². The van der Waals surface area contributed by atoms with Crippen LogP contribution in [0.15, 0.2) is 42.5 Å². The number of carboxylic acids is 1. The minimum atomic E-state index is -0.835. The van der Waals surface area contributed by atoms with Crippen molar-refractivity contribution < 1.29 is 14.7 Å². The third kappa shape index (κ3) is 4.31. The molecule has 1 amide bonds. The highest BCUT2D eigenvalue weighted by Crippen LogP contribution is 2.33. The van der Waals surface area contributed by atoms with Crippen molar-refractivity contribution >= 4 is 11.9 Å². The molecule has 0 heterocycles. The topological polar surface area (TPSA) is 57.6 Å². The predicted octanol–water partition coefficient (Wildman–Crippen LogP) is 4.05. The fourth-order valence-electron chi connectivity index (χ4n) is 3.30. The van der Waals surface area contributed by atoms with E-state index in [2.05, 4.69) is 18.2 Å². The summed E-state index contributed by atoms with van der Waals surface area (Å²) in [4.78, 5) is 25.5. The van der Waals surface area contributed by atoms with Crippen LogP contribution in [-0.4, -0.2) is 28.4 Å². The fraction of sp³-hybridized carbons (Fsp3) is 0.364. The lowest BCUT2D eigenvalue weighted by Crippen LogP contribution is -2.31. The Kier molecular flexibility index (Phi) is 5.40. The maximum Gasteiger partial charge on any atom is 0.307 e. The smallest absolute Gasteiger partial charge is 0.307 e. The van der Waals surface area contributed by atoms with Gasteiger partial charge in [-0.1, -0.05) is 48.0 Å². The van der Waals surface area contributed by atoms with Crippen molar-refractivity contribution in [2.75, 3.05) is 6.54 Å². The normalized spacial score (nSPS) is 13.5. The average Bonchev–Trinajstić information content (AvgIpc) is 3.44. The molecular weight excluding hydrogens is 326 g/mol. The maximum absolute atomic E-state index is 12.5. The molecular formula is C22H25NO3. The summed E-state index contributed by atoms with van der Waals surface area (Å²) in [5, 5.41) is 9.05. The third-order valence-electron chi connectivity index (χ3n) is 4.84. The molecule has 1 aliphatic rings. The van der Waals surface area contributed by atoms with E-state index >= 15 is 0 Å². The molecule has 0 aliphatic heterocycles. The molecule has 2 aromatic carbocycles. The molecule has 1 saturated carbocycles. The highest BCUT2D eigenvalue weighted by Gasteiger charge is 2.33. The number of carbonyl (C=O) groups is 2. The summed E-state index contributed by atoms with van der Waals surface area (Å²) in [5.41, 5.74) is 5.09. The van der Waals surface area contributed by atoms with E-state index in [4.69, 9.17) is 5.11 Å². The minimum Gasteiger partial charge on any atom is -0.481 e. The molecule has 26 heavy (non-hydrogen) atoms. The van der Waals surface area contributed by atoms with Gasteiger partial charge in [0.2, 0.25) is 5.91 Å². The molecule has 2 aromatic rings. The summed E-state index contributed by atoms with van der Waals surface area (Å²) in [6.45, 7) is 5.35. The van der Waals surface area contributed by atoms with Crippen molar-refractivity contribution in [1.29, 1.82) is 0 Å². The van der Waals surface area contributed by atoms with E-state index in [-0.39, 0.29) is 18.2 Å². The maximum atomic E-state index is 12.5. The molecule has 3 rings (SSSR count). The molecule has 0 bridgehead atoms. The lowest BCUT2D eigenvalue weighted by molar-refractivity contribution is -0.136. The number of benzene rings is 2. The number of carbonyl (C=O) groups excluding carboxylic acids is 1. The van der Waals surface area contributed by atoms with Crippen LogP contribution in [-0.2, 0) is 22.6 Å². The second kappa shape index (κ2) is 7.73. The Hall–Kier alpha value is -2.62. The summed E-state index contributed by atoms with van der Waals surface area (Å²) in [6, 6.07) is 13.9. The molecule has 136 valence electrons. The van der Waals surface area contributed by atoms with E-state index in [9.17, 15) is 9.59 Å². The Morgan fingerprint density at radius 1 is 1.15 bits per heavy atom. The van der Waals surface area contributed by atoms with Crippen LogP contribution in [0.25, 0.3) is 11.1 Å². The van der Waals surface area contributed by atoms with Crippen LogP contribution in [0.3, 0.4) is 0 Å². The van der Waals surface area contributed by atoms with E-state index in [0.29, 0.717) is 13.1 Å². The van der Waals surface area contributed by atoms with Gasteiger partial charge in [-0.3, -0.25) is 9.59 Å². The van der Waals surface area contributed by atoms with E-state index in [1.807, 2.05) is 43.0 Å². The first-order valence-electron chi connectivity index (χ1n) is 9.17. The molecule has 1 aliphatic carbocycles. The van der Waals surface area contributed by atoms with Crippen LogP contribution in [0.4, 0.5) is 0 Å². The Balaban J connectivity index is 1.92. The van der Waals surface area contributed by atoms with Gasteiger partial charge in [0.1, 0.15) is 0 Å². The molecule has 1 N–H and O–H groups in total. The van der Waals surface area contributed by atoms with E-state index in [1.165, 1.54) is 0 Å². The average molecular weight is 351 g/mol.